The van der Waals surface area contributed by atoms with Crippen molar-refractivity contribution in [3.63, 3.8) is 0 Å². The molecule has 0 aromatic heterocycles. The molecule has 0 aliphatic heterocycles. The highest BCUT2D eigenvalue weighted by Gasteiger charge is 2.17. The number of carbonyl (C=O) groups is 2. The van der Waals surface area contributed by atoms with Crippen LogP contribution in [0.3, 0.4) is 0 Å². The van der Waals surface area contributed by atoms with Crippen molar-refractivity contribution >= 4 is 33.6 Å². The molecule has 0 radical (unpaired) electrons. The predicted octanol–water partition coefficient (Wildman–Crippen LogP) is 1.60. The summed E-state index contributed by atoms with van der Waals surface area (Å²) in [4.78, 5) is 22.7. The molecule has 6 heteroatoms. The van der Waals surface area contributed by atoms with Gasteiger partial charge in [-0.25, -0.2) is 9.59 Å². The normalized spacial score (nSPS) is 9.69. The lowest BCUT2D eigenvalue weighted by Gasteiger charge is -2.08. The van der Waals surface area contributed by atoms with Crippen LogP contribution >= 0.6 is 15.9 Å². The Morgan fingerprint density at radius 2 is 1.62 bits per heavy atom. The molecule has 0 amide bonds. The number of ether oxygens (including phenoxy) is 2. The molecule has 0 aliphatic carbocycles. The molecule has 0 fully saturated rings. The number of hydrogen-bond donors (Lipinski definition) is 1. The Bertz CT molecular complexity index is 407. The smallest absolute Gasteiger partial charge is 0.339 e. The average molecular weight is 288 g/mol. The predicted molar refractivity (Wildman–Crippen MR) is 61.2 cm³/mol. The second kappa shape index (κ2) is 4.98. The molecule has 1 aromatic rings. The van der Waals surface area contributed by atoms with Crippen molar-refractivity contribution in [2.75, 3.05) is 20.0 Å². The summed E-state index contributed by atoms with van der Waals surface area (Å²) >= 11 is 3.16. The zero-order valence-corrected chi connectivity index (χ0v) is 10.3. The van der Waals surface area contributed by atoms with E-state index in [-0.39, 0.29) is 16.8 Å². The van der Waals surface area contributed by atoms with E-state index in [1.54, 1.807) is 0 Å². The minimum atomic E-state index is -0.602. The summed E-state index contributed by atoms with van der Waals surface area (Å²) in [5, 5.41) is 0. The van der Waals surface area contributed by atoms with Gasteiger partial charge in [0.05, 0.1) is 25.3 Å². The highest BCUT2D eigenvalue weighted by molar-refractivity contribution is 9.10. The zero-order valence-electron chi connectivity index (χ0n) is 8.74. The lowest BCUT2D eigenvalue weighted by atomic mass is 10.1. The molecule has 0 bridgehead atoms. The van der Waals surface area contributed by atoms with Crippen molar-refractivity contribution in [3.05, 3.63) is 27.7 Å². The average Bonchev–Trinajstić information content (AvgIpc) is 2.27. The van der Waals surface area contributed by atoms with Gasteiger partial charge in [-0.1, -0.05) is 0 Å². The Kier molecular flexibility index (Phi) is 3.89. The first kappa shape index (κ1) is 12.5. The Morgan fingerprint density at radius 1 is 1.12 bits per heavy atom. The van der Waals surface area contributed by atoms with Crippen LogP contribution in [0.25, 0.3) is 0 Å². The van der Waals surface area contributed by atoms with Crippen LogP contribution in [0.5, 0.6) is 0 Å². The van der Waals surface area contributed by atoms with Crippen molar-refractivity contribution in [1.29, 1.82) is 0 Å². The molecule has 1 aromatic carbocycles. The maximum absolute atomic E-state index is 11.4. The number of hydrogen-bond acceptors (Lipinski definition) is 5. The van der Waals surface area contributed by atoms with E-state index >= 15 is 0 Å². The van der Waals surface area contributed by atoms with Gasteiger partial charge in [0.2, 0.25) is 0 Å². The monoisotopic (exact) mass is 287 g/mol. The molecule has 16 heavy (non-hydrogen) atoms. The van der Waals surface area contributed by atoms with Crippen molar-refractivity contribution in [2.45, 2.75) is 0 Å². The minimum absolute atomic E-state index is 0.131. The Balaban J connectivity index is 3.32. The van der Waals surface area contributed by atoms with Crippen LogP contribution in [0.2, 0.25) is 0 Å². The Labute approximate surface area is 101 Å². The van der Waals surface area contributed by atoms with Crippen LogP contribution in [0.4, 0.5) is 5.69 Å². The Hall–Kier alpha value is -1.56. The summed E-state index contributed by atoms with van der Waals surface area (Å²) in [5.74, 6) is -1.16. The Morgan fingerprint density at radius 3 is 2.12 bits per heavy atom. The van der Waals surface area contributed by atoms with E-state index in [4.69, 9.17) is 5.73 Å². The second-order valence-electron chi connectivity index (χ2n) is 2.90. The third-order valence-electron chi connectivity index (χ3n) is 1.95. The fourth-order valence-corrected chi connectivity index (χ4v) is 1.66. The topological polar surface area (TPSA) is 78.6 Å². The van der Waals surface area contributed by atoms with Crippen LogP contribution in [0.1, 0.15) is 20.7 Å². The fourth-order valence-electron chi connectivity index (χ4n) is 1.14. The van der Waals surface area contributed by atoms with Crippen LogP contribution in [-0.4, -0.2) is 26.2 Å². The van der Waals surface area contributed by atoms with Crippen molar-refractivity contribution in [3.8, 4) is 0 Å². The van der Waals surface area contributed by atoms with Crippen LogP contribution < -0.4 is 5.73 Å². The molecule has 0 saturated heterocycles. The first-order valence-corrected chi connectivity index (χ1v) is 5.06. The fraction of sp³-hybridized carbons (Fsp3) is 0.200. The van der Waals surface area contributed by atoms with E-state index in [1.165, 1.54) is 26.4 Å². The number of methoxy groups -OCH3 is 2. The molecule has 2 N–H and O–H groups in total. The number of anilines is 1. The molecule has 1 rings (SSSR count). The molecule has 0 unspecified atom stereocenters. The van der Waals surface area contributed by atoms with Crippen molar-refractivity contribution in [1.82, 2.24) is 0 Å². The minimum Gasteiger partial charge on any atom is -0.465 e. The van der Waals surface area contributed by atoms with Gasteiger partial charge in [-0.3, -0.25) is 0 Å². The summed E-state index contributed by atoms with van der Waals surface area (Å²) < 4.78 is 9.56. The van der Waals surface area contributed by atoms with Gasteiger partial charge >= 0.3 is 11.9 Å². The number of nitrogens with two attached hydrogens (primary N) is 1. The molecule has 0 atom stereocenters. The van der Waals surface area contributed by atoms with Gasteiger partial charge in [-0.05, 0) is 28.1 Å². The molecule has 0 spiro atoms. The van der Waals surface area contributed by atoms with Gasteiger partial charge in [0.1, 0.15) is 0 Å². The van der Waals surface area contributed by atoms with Crippen molar-refractivity contribution < 1.29 is 19.1 Å². The summed E-state index contributed by atoms with van der Waals surface area (Å²) in [6.45, 7) is 0. The largest absolute Gasteiger partial charge is 0.465 e. The van der Waals surface area contributed by atoms with Gasteiger partial charge in [0.15, 0.2) is 0 Å². The quantitative estimate of drug-likeness (QED) is 0.660. The summed E-state index contributed by atoms with van der Waals surface area (Å²) in [6.07, 6.45) is 0. The van der Waals surface area contributed by atoms with Crippen LogP contribution in [0.15, 0.2) is 16.6 Å². The third-order valence-corrected chi connectivity index (χ3v) is 2.61. The molecule has 0 aliphatic rings. The maximum atomic E-state index is 11.4. The van der Waals surface area contributed by atoms with E-state index < -0.39 is 11.9 Å². The molecule has 0 heterocycles. The highest BCUT2D eigenvalue weighted by atomic mass is 79.9. The third kappa shape index (κ3) is 2.33. The molecular weight excluding hydrogens is 278 g/mol. The van der Waals surface area contributed by atoms with Gasteiger partial charge in [0, 0.05) is 10.2 Å². The van der Waals surface area contributed by atoms with Gasteiger partial charge < -0.3 is 15.2 Å². The van der Waals surface area contributed by atoms with Gasteiger partial charge in [-0.15, -0.1) is 0 Å². The molecule has 5 nitrogen and oxygen atoms in total. The first-order valence-electron chi connectivity index (χ1n) is 4.27. The number of esters is 2. The summed E-state index contributed by atoms with van der Waals surface area (Å²) in [7, 11) is 2.49. The molecule has 0 saturated carbocycles. The van der Waals surface area contributed by atoms with E-state index in [9.17, 15) is 9.59 Å². The zero-order chi connectivity index (χ0) is 12.3. The lowest BCUT2D eigenvalue weighted by Crippen LogP contribution is -2.10. The first-order chi connectivity index (χ1) is 7.51. The maximum Gasteiger partial charge on any atom is 0.339 e. The SMILES string of the molecule is COC(=O)c1cc(C(=O)OC)c(Br)cc1N. The van der Waals surface area contributed by atoms with Gasteiger partial charge in [0.25, 0.3) is 0 Å². The van der Waals surface area contributed by atoms with Crippen molar-refractivity contribution in [2.24, 2.45) is 0 Å². The number of rotatable bonds is 2. The number of nitrogen functional groups attached to an aromatic ring is 1. The number of halogens is 1. The molecule has 86 valence electrons. The van der Waals surface area contributed by atoms with Crippen LogP contribution in [-0.2, 0) is 9.47 Å². The van der Waals surface area contributed by atoms with E-state index in [2.05, 4.69) is 25.4 Å². The number of benzene rings is 1. The number of carbonyl (C=O) groups excluding carboxylic acids is 2. The van der Waals surface area contributed by atoms with E-state index in [1.807, 2.05) is 0 Å². The second-order valence-corrected chi connectivity index (χ2v) is 3.76. The molecular formula is C10H10BrNO4. The van der Waals surface area contributed by atoms with E-state index in [0.29, 0.717) is 4.47 Å². The summed E-state index contributed by atoms with van der Waals surface area (Å²) in [5.41, 5.74) is 6.20. The van der Waals surface area contributed by atoms with Gasteiger partial charge in [-0.2, -0.15) is 0 Å². The van der Waals surface area contributed by atoms with E-state index in [0.717, 1.165) is 0 Å². The van der Waals surface area contributed by atoms with Crippen LogP contribution in [0, 0.1) is 0 Å². The standard InChI is InChI=1S/C10H10BrNO4/c1-15-9(13)5-3-6(10(14)16-2)8(12)4-7(5)11/h3-4H,12H2,1-2H3. The lowest BCUT2D eigenvalue weighted by molar-refractivity contribution is 0.0599. The summed E-state index contributed by atoms with van der Waals surface area (Å²) in [6, 6.07) is 2.79. The highest BCUT2D eigenvalue weighted by Crippen LogP contribution is 2.25.